The van der Waals surface area contributed by atoms with Crippen LogP contribution < -0.4 is 10.2 Å². The molecule has 6 heteroatoms. The fourth-order valence-electron chi connectivity index (χ4n) is 2.21. The van der Waals surface area contributed by atoms with Gasteiger partial charge in [0.2, 0.25) is 0 Å². The van der Waals surface area contributed by atoms with E-state index in [-0.39, 0.29) is 16.8 Å². The Labute approximate surface area is 114 Å². The number of halogens is 3. The standard InChI is InChI=1S/C14H14F3N3/c1-20(2)14-8-5-9(15)12(16)13(17)11(8)10(6-18-14)19-7-3-4-7/h5-7,19H,3-4H2,1-2H3. The van der Waals surface area contributed by atoms with Crippen LogP contribution in [0.5, 0.6) is 0 Å². The number of hydrogen-bond acceptors (Lipinski definition) is 3. The Morgan fingerprint density at radius 2 is 1.90 bits per heavy atom. The first-order valence-corrected chi connectivity index (χ1v) is 6.39. The average molecular weight is 281 g/mol. The summed E-state index contributed by atoms with van der Waals surface area (Å²) in [5.41, 5.74) is 0.407. The minimum Gasteiger partial charge on any atom is -0.380 e. The van der Waals surface area contributed by atoms with Gasteiger partial charge in [0.05, 0.1) is 11.9 Å². The Kier molecular flexibility index (Phi) is 2.96. The summed E-state index contributed by atoms with van der Waals surface area (Å²) in [7, 11) is 3.43. The maximum absolute atomic E-state index is 14.1. The highest BCUT2D eigenvalue weighted by atomic mass is 19.2. The van der Waals surface area contributed by atoms with E-state index in [1.165, 1.54) is 6.20 Å². The monoisotopic (exact) mass is 281 g/mol. The van der Waals surface area contributed by atoms with E-state index in [0.29, 0.717) is 11.5 Å². The smallest absolute Gasteiger partial charge is 0.195 e. The van der Waals surface area contributed by atoms with Gasteiger partial charge in [-0.2, -0.15) is 0 Å². The molecule has 0 aliphatic heterocycles. The maximum Gasteiger partial charge on any atom is 0.195 e. The molecule has 1 heterocycles. The lowest BCUT2D eigenvalue weighted by atomic mass is 10.1. The topological polar surface area (TPSA) is 28.2 Å². The largest absolute Gasteiger partial charge is 0.380 e. The summed E-state index contributed by atoms with van der Waals surface area (Å²) in [4.78, 5) is 5.85. The van der Waals surface area contributed by atoms with Crippen LogP contribution in [0.25, 0.3) is 10.8 Å². The van der Waals surface area contributed by atoms with Crippen molar-refractivity contribution in [2.24, 2.45) is 0 Å². The number of nitrogens with zero attached hydrogens (tertiary/aromatic N) is 2. The van der Waals surface area contributed by atoms with Crippen LogP contribution in [-0.2, 0) is 0 Å². The van der Waals surface area contributed by atoms with Gasteiger partial charge in [-0.15, -0.1) is 0 Å². The first kappa shape index (κ1) is 13.0. The van der Waals surface area contributed by atoms with E-state index >= 15 is 0 Å². The fraction of sp³-hybridized carbons (Fsp3) is 0.357. The summed E-state index contributed by atoms with van der Waals surface area (Å²) in [6.45, 7) is 0. The maximum atomic E-state index is 14.1. The summed E-state index contributed by atoms with van der Waals surface area (Å²) in [6.07, 6.45) is 3.45. The van der Waals surface area contributed by atoms with Gasteiger partial charge in [-0.05, 0) is 18.9 Å². The zero-order valence-electron chi connectivity index (χ0n) is 11.2. The van der Waals surface area contributed by atoms with Gasteiger partial charge in [0.25, 0.3) is 0 Å². The van der Waals surface area contributed by atoms with Gasteiger partial charge in [0, 0.05) is 30.9 Å². The fourth-order valence-corrected chi connectivity index (χ4v) is 2.21. The van der Waals surface area contributed by atoms with Crippen molar-refractivity contribution in [3.8, 4) is 0 Å². The molecular formula is C14H14F3N3. The molecule has 0 radical (unpaired) electrons. The second kappa shape index (κ2) is 4.54. The average Bonchev–Trinajstić information content (AvgIpc) is 3.19. The van der Waals surface area contributed by atoms with Crippen molar-refractivity contribution in [3.63, 3.8) is 0 Å². The summed E-state index contributed by atoms with van der Waals surface area (Å²) >= 11 is 0. The molecule has 3 nitrogen and oxygen atoms in total. The molecule has 0 spiro atoms. The third-order valence-electron chi connectivity index (χ3n) is 3.35. The number of fused-ring (bicyclic) bond motifs is 1. The van der Waals surface area contributed by atoms with Crippen LogP contribution in [0.2, 0.25) is 0 Å². The van der Waals surface area contributed by atoms with E-state index in [9.17, 15) is 13.2 Å². The predicted molar refractivity (Wildman–Crippen MR) is 72.6 cm³/mol. The van der Waals surface area contributed by atoms with Gasteiger partial charge in [0.1, 0.15) is 5.82 Å². The Morgan fingerprint density at radius 3 is 2.50 bits per heavy atom. The minimum atomic E-state index is -1.45. The van der Waals surface area contributed by atoms with Crippen LogP contribution in [0.4, 0.5) is 24.7 Å². The molecular weight excluding hydrogens is 267 g/mol. The van der Waals surface area contributed by atoms with Crippen molar-refractivity contribution in [2.75, 3.05) is 24.3 Å². The van der Waals surface area contributed by atoms with Gasteiger partial charge in [-0.1, -0.05) is 0 Å². The summed E-state index contributed by atoms with van der Waals surface area (Å²) < 4.78 is 41.1. The highest BCUT2D eigenvalue weighted by molar-refractivity contribution is 6.00. The van der Waals surface area contributed by atoms with E-state index < -0.39 is 17.5 Å². The van der Waals surface area contributed by atoms with E-state index in [1.807, 2.05) is 0 Å². The first-order chi connectivity index (χ1) is 9.49. The van der Waals surface area contributed by atoms with Gasteiger partial charge in [-0.25, -0.2) is 18.2 Å². The molecule has 0 bridgehead atoms. The Morgan fingerprint density at radius 1 is 1.20 bits per heavy atom. The van der Waals surface area contributed by atoms with E-state index in [2.05, 4.69) is 10.3 Å². The first-order valence-electron chi connectivity index (χ1n) is 6.39. The van der Waals surface area contributed by atoms with Crippen LogP contribution in [0, 0.1) is 17.5 Å². The van der Waals surface area contributed by atoms with Crippen molar-refractivity contribution in [1.29, 1.82) is 0 Å². The number of nitrogens with one attached hydrogen (secondary N) is 1. The molecule has 1 aliphatic carbocycles. The SMILES string of the molecule is CN(C)c1ncc(NC2CC2)c2c(F)c(F)c(F)cc12. The van der Waals surface area contributed by atoms with Crippen LogP contribution in [0.3, 0.4) is 0 Å². The summed E-state index contributed by atoms with van der Waals surface area (Å²) in [5.74, 6) is -3.43. The highest BCUT2D eigenvalue weighted by Gasteiger charge is 2.25. The number of rotatable bonds is 3. The number of pyridine rings is 1. The number of anilines is 2. The minimum absolute atomic E-state index is 0.0505. The Hall–Kier alpha value is -1.98. The van der Waals surface area contributed by atoms with Gasteiger partial charge in [0.15, 0.2) is 17.5 Å². The predicted octanol–water partition coefficient (Wildman–Crippen LogP) is 3.29. The molecule has 0 saturated heterocycles. The lowest BCUT2D eigenvalue weighted by Gasteiger charge is -2.17. The van der Waals surface area contributed by atoms with Crippen LogP contribution in [0.15, 0.2) is 12.3 Å². The van der Waals surface area contributed by atoms with Gasteiger partial charge < -0.3 is 10.2 Å². The number of hydrogen-bond donors (Lipinski definition) is 1. The molecule has 1 aromatic carbocycles. The lowest BCUT2D eigenvalue weighted by Crippen LogP contribution is -2.13. The zero-order valence-corrected chi connectivity index (χ0v) is 11.2. The van der Waals surface area contributed by atoms with Crippen LogP contribution >= 0.6 is 0 Å². The normalized spacial score (nSPS) is 14.7. The lowest BCUT2D eigenvalue weighted by molar-refractivity contribution is 0.453. The second-order valence-corrected chi connectivity index (χ2v) is 5.22. The van der Waals surface area contributed by atoms with E-state index in [4.69, 9.17) is 0 Å². The number of aromatic nitrogens is 1. The Bertz CT molecular complexity index is 681. The molecule has 2 aromatic rings. The number of benzene rings is 1. The molecule has 1 N–H and O–H groups in total. The third-order valence-corrected chi connectivity index (χ3v) is 3.35. The second-order valence-electron chi connectivity index (χ2n) is 5.22. The van der Waals surface area contributed by atoms with Crippen molar-refractivity contribution in [2.45, 2.75) is 18.9 Å². The summed E-state index contributed by atoms with van der Waals surface area (Å²) in [5, 5.41) is 3.41. The summed E-state index contributed by atoms with van der Waals surface area (Å²) in [6, 6.07) is 1.26. The highest BCUT2D eigenvalue weighted by Crippen LogP contribution is 2.36. The molecule has 0 amide bonds. The van der Waals surface area contributed by atoms with Crippen molar-refractivity contribution < 1.29 is 13.2 Å². The molecule has 3 rings (SSSR count). The third kappa shape index (κ3) is 2.05. The Balaban J connectivity index is 2.31. The van der Waals surface area contributed by atoms with Gasteiger partial charge in [-0.3, -0.25) is 0 Å². The van der Waals surface area contributed by atoms with E-state index in [1.54, 1.807) is 19.0 Å². The molecule has 1 aliphatic rings. The molecule has 0 atom stereocenters. The molecule has 1 fully saturated rings. The molecule has 106 valence electrons. The molecule has 1 saturated carbocycles. The quantitative estimate of drug-likeness (QED) is 0.875. The molecule has 20 heavy (non-hydrogen) atoms. The zero-order chi connectivity index (χ0) is 14.4. The van der Waals surface area contributed by atoms with Crippen LogP contribution in [0.1, 0.15) is 12.8 Å². The van der Waals surface area contributed by atoms with Crippen molar-refractivity contribution >= 4 is 22.3 Å². The van der Waals surface area contributed by atoms with E-state index in [0.717, 1.165) is 18.9 Å². The van der Waals surface area contributed by atoms with Crippen molar-refractivity contribution in [3.05, 3.63) is 29.7 Å². The van der Waals surface area contributed by atoms with Gasteiger partial charge >= 0.3 is 0 Å². The molecule has 1 aromatic heterocycles. The van der Waals surface area contributed by atoms with Crippen molar-refractivity contribution in [1.82, 2.24) is 4.98 Å². The molecule has 0 unspecified atom stereocenters. The van der Waals surface area contributed by atoms with Crippen LogP contribution in [-0.4, -0.2) is 25.1 Å².